The molecule has 0 aliphatic rings. The van der Waals surface area contributed by atoms with Crippen molar-refractivity contribution >= 4 is 0 Å². The lowest BCUT2D eigenvalue weighted by molar-refractivity contribution is 0.628. The molecule has 4 nitrogen and oxygen atoms in total. The number of nitrogens with two attached hydrogens (primary N) is 1. The molecule has 1 aromatic heterocycles. The Bertz CT molecular complexity index is 806. The summed E-state index contributed by atoms with van der Waals surface area (Å²) in [5.74, 6) is -0.274. The summed E-state index contributed by atoms with van der Waals surface area (Å²) in [7, 11) is 0. The molecule has 0 atom stereocenters. The van der Waals surface area contributed by atoms with Crippen molar-refractivity contribution in [3.05, 3.63) is 65.1 Å². The van der Waals surface area contributed by atoms with Crippen molar-refractivity contribution in [3.63, 3.8) is 0 Å². The van der Waals surface area contributed by atoms with E-state index in [1.807, 2.05) is 26.0 Å². The van der Waals surface area contributed by atoms with Gasteiger partial charge in [-0.25, -0.2) is 9.07 Å². The summed E-state index contributed by atoms with van der Waals surface area (Å²) < 4.78 is 14.9. The fourth-order valence-corrected chi connectivity index (χ4v) is 2.56. The van der Waals surface area contributed by atoms with Gasteiger partial charge in [0.2, 0.25) is 0 Å². The van der Waals surface area contributed by atoms with Crippen molar-refractivity contribution in [3.8, 4) is 16.9 Å². The van der Waals surface area contributed by atoms with Gasteiger partial charge in [-0.15, -0.1) is 5.10 Å². The number of aromatic nitrogens is 3. The molecule has 0 unspecified atom stereocenters. The quantitative estimate of drug-likeness (QED) is 0.807. The lowest BCUT2D eigenvalue weighted by Gasteiger charge is -2.11. The first kappa shape index (κ1) is 14.4. The molecule has 22 heavy (non-hydrogen) atoms. The molecular weight excluding hydrogens is 279 g/mol. The second-order valence-electron chi connectivity index (χ2n) is 5.30. The van der Waals surface area contributed by atoms with Crippen molar-refractivity contribution in [2.24, 2.45) is 5.73 Å². The van der Waals surface area contributed by atoms with Gasteiger partial charge in [-0.3, -0.25) is 0 Å². The zero-order valence-electron chi connectivity index (χ0n) is 12.5. The van der Waals surface area contributed by atoms with E-state index in [0.29, 0.717) is 5.69 Å². The zero-order valence-corrected chi connectivity index (χ0v) is 12.5. The molecule has 0 aliphatic heterocycles. The van der Waals surface area contributed by atoms with E-state index in [9.17, 15) is 4.39 Å². The zero-order chi connectivity index (χ0) is 15.7. The third-order valence-electron chi connectivity index (χ3n) is 3.63. The van der Waals surface area contributed by atoms with Gasteiger partial charge in [-0.1, -0.05) is 22.9 Å². The maximum Gasteiger partial charge on any atom is 0.123 e. The van der Waals surface area contributed by atoms with Crippen LogP contribution in [0.5, 0.6) is 0 Å². The Labute approximate surface area is 128 Å². The standard InChI is InChI=1S/C17H17FN4/c1-11-3-8-16(12(2)9-11)22-17(15(10-19)20-21-22)13-4-6-14(18)7-5-13/h3-9H,10,19H2,1-2H3. The van der Waals surface area contributed by atoms with Crippen molar-refractivity contribution in [2.75, 3.05) is 0 Å². The van der Waals surface area contributed by atoms with Crippen LogP contribution in [-0.2, 0) is 6.54 Å². The van der Waals surface area contributed by atoms with Crippen LogP contribution in [0.15, 0.2) is 42.5 Å². The number of nitrogens with zero attached hydrogens (tertiary/aromatic N) is 3. The predicted molar refractivity (Wildman–Crippen MR) is 84.1 cm³/mol. The van der Waals surface area contributed by atoms with Crippen LogP contribution in [0.1, 0.15) is 16.8 Å². The summed E-state index contributed by atoms with van der Waals surface area (Å²) >= 11 is 0. The number of benzene rings is 2. The molecule has 2 aromatic carbocycles. The van der Waals surface area contributed by atoms with Gasteiger partial charge in [0.15, 0.2) is 0 Å². The van der Waals surface area contributed by atoms with Gasteiger partial charge in [0.05, 0.1) is 11.4 Å². The monoisotopic (exact) mass is 296 g/mol. The Hall–Kier alpha value is -2.53. The van der Waals surface area contributed by atoms with E-state index in [1.165, 1.54) is 17.7 Å². The highest BCUT2D eigenvalue weighted by molar-refractivity contribution is 5.65. The molecular formula is C17H17FN4. The minimum Gasteiger partial charge on any atom is -0.325 e. The Balaban J connectivity index is 2.21. The van der Waals surface area contributed by atoms with Gasteiger partial charge in [0.25, 0.3) is 0 Å². The molecule has 0 spiro atoms. The summed E-state index contributed by atoms with van der Waals surface area (Å²) in [6.45, 7) is 4.35. The van der Waals surface area contributed by atoms with E-state index in [2.05, 4.69) is 16.4 Å². The highest BCUT2D eigenvalue weighted by Crippen LogP contribution is 2.27. The third-order valence-corrected chi connectivity index (χ3v) is 3.63. The Morgan fingerprint density at radius 3 is 2.45 bits per heavy atom. The summed E-state index contributed by atoms with van der Waals surface area (Å²) in [5.41, 5.74) is 11.3. The van der Waals surface area contributed by atoms with E-state index in [-0.39, 0.29) is 12.4 Å². The van der Waals surface area contributed by atoms with Crippen LogP contribution >= 0.6 is 0 Å². The molecule has 1 heterocycles. The second kappa shape index (κ2) is 5.69. The number of hydrogen-bond acceptors (Lipinski definition) is 3. The third kappa shape index (κ3) is 2.51. The first-order chi connectivity index (χ1) is 10.6. The van der Waals surface area contributed by atoms with E-state index >= 15 is 0 Å². The second-order valence-corrected chi connectivity index (χ2v) is 5.30. The minimum atomic E-state index is -0.274. The van der Waals surface area contributed by atoms with Gasteiger partial charge in [-0.05, 0) is 49.7 Å². The van der Waals surface area contributed by atoms with Gasteiger partial charge in [-0.2, -0.15) is 0 Å². The molecule has 5 heteroatoms. The number of rotatable bonds is 3. The summed E-state index contributed by atoms with van der Waals surface area (Å²) in [4.78, 5) is 0. The van der Waals surface area contributed by atoms with Crippen LogP contribution in [0, 0.1) is 19.7 Å². The Kier molecular flexibility index (Phi) is 3.73. The lowest BCUT2D eigenvalue weighted by Crippen LogP contribution is -2.04. The molecule has 0 amide bonds. The number of hydrogen-bond donors (Lipinski definition) is 1. The fourth-order valence-electron chi connectivity index (χ4n) is 2.56. The van der Waals surface area contributed by atoms with E-state index < -0.39 is 0 Å². The average Bonchev–Trinajstić information content (AvgIpc) is 2.92. The first-order valence-electron chi connectivity index (χ1n) is 7.08. The van der Waals surface area contributed by atoms with Crippen molar-refractivity contribution in [1.82, 2.24) is 15.0 Å². The highest BCUT2D eigenvalue weighted by atomic mass is 19.1. The smallest absolute Gasteiger partial charge is 0.123 e. The van der Waals surface area contributed by atoms with Crippen LogP contribution in [0.25, 0.3) is 16.9 Å². The summed E-state index contributed by atoms with van der Waals surface area (Å²) in [5, 5.41) is 8.41. The molecule has 112 valence electrons. The topological polar surface area (TPSA) is 56.7 Å². The SMILES string of the molecule is Cc1ccc(-n2nnc(CN)c2-c2ccc(F)cc2)c(C)c1. The van der Waals surface area contributed by atoms with E-state index in [0.717, 1.165) is 22.5 Å². The Morgan fingerprint density at radius 1 is 1.09 bits per heavy atom. The maximum atomic E-state index is 13.2. The molecule has 3 rings (SSSR count). The van der Waals surface area contributed by atoms with Crippen LogP contribution in [0.2, 0.25) is 0 Å². The molecule has 0 fully saturated rings. The van der Waals surface area contributed by atoms with Gasteiger partial charge < -0.3 is 5.73 Å². The lowest BCUT2D eigenvalue weighted by atomic mass is 10.1. The van der Waals surface area contributed by atoms with Gasteiger partial charge in [0, 0.05) is 12.1 Å². The van der Waals surface area contributed by atoms with Crippen LogP contribution in [0.3, 0.4) is 0 Å². The molecule has 2 N–H and O–H groups in total. The van der Waals surface area contributed by atoms with Crippen LogP contribution in [-0.4, -0.2) is 15.0 Å². The van der Waals surface area contributed by atoms with Crippen molar-refractivity contribution in [2.45, 2.75) is 20.4 Å². The Morgan fingerprint density at radius 2 is 1.82 bits per heavy atom. The van der Waals surface area contributed by atoms with E-state index in [4.69, 9.17) is 5.73 Å². The normalized spacial score (nSPS) is 10.9. The van der Waals surface area contributed by atoms with Gasteiger partial charge >= 0.3 is 0 Å². The molecule has 0 bridgehead atoms. The van der Waals surface area contributed by atoms with Crippen LogP contribution < -0.4 is 5.73 Å². The number of halogens is 1. The fraction of sp³-hybridized carbons (Fsp3) is 0.176. The summed E-state index contributed by atoms with van der Waals surface area (Å²) in [6.07, 6.45) is 0. The molecule has 3 aromatic rings. The number of aryl methyl sites for hydroxylation is 2. The highest BCUT2D eigenvalue weighted by Gasteiger charge is 2.16. The van der Waals surface area contributed by atoms with E-state index in [1.54, 1.807) is 16.8 Å². The maximum absolute atomic E-state index is 13.2. The predicted octanol–water partition coefficient (Wildman–Crippen LogP) is 3.15. The first-order valence-corrected chi connectivity index (χ1v) is 7.08. The molecule has 0 saturated carbocycles. The van der Waals surface area contributed by atoms with Crippen molar-refractivity contribution in [1.29, 1.82) is 0 Å². The average molecular weight is 296 g/mol. The van der Waals surface area contributed by atoms with Crippen LogP contribution in [0.4, 0.5) is 4.39 Å². The van der Waals surface area contributed by atoms with Gasteiger partial charge in [0.1, 0.15) is 11.5 Å². The minimum absolute atomic E-state index is 0.274. The molecule has 0 radical (unpaired) electrons. The largest absolute Gasteiger partial charge is 0.325 e. The molecule has 0 saturated heterocycles. The van der Waals surface area contributed by atoms with Crippen molar-refractivity contribution < 1.29 is 4.39 Å². The summed E-state index contributed by atoms with van der Waals surface area (Å²) in [6, 6.07) is 12.4. The molecule has 0 aliphatic carbocycles.